The number of hydrogen-bond donors (Lipinski definition) is 1. The van der Waals surface area contributed by atoms with Gasteiger partial charge in [0.15, 0.2) is 0 Å². The quantitative estimate of drug-likeness (QED) is 0.716. The summed E-state index contributed by atoms with van der Waals surface area (Å²) < 4.78 is 0. The predicted molar refractivity (Wildman–Crippen MR) is 88.5 cm³/mol. The van der Waals surface area contributed by atoms with Crippen molar-refractivity contribution in [1.82, 2.24) is 5.32 Å². The zero-order chi connectivity index (χ0) is 13.9. The first-order chi connectivity index (χ1) is 9.81. The van der Waals surface area contributed by atoms with E-state index in [1.807, 2.05) is 0 Å². The van der Waals surface area contributed by atoms with Gasteiger partial charge in [0.05, 0.1) is 6.04 Å². The lowest BCUT2D eigenvalue weighted by Crippen LogP contribution is -2.22. The second-order valence-electron chi connectivity index (χ2n) is 5.07. The van der Waals surface area contributed by atoms with E-state index in [9.17, 15) is 0 Å². The third-order valence-corrected chi connectivity index (χ3v) is 4.63. The maximum absolute atomic E-state index is 3.64. The minimum atomic E-state index is 0.275. The summed E-state index contributed by atoms with van der Waals surface area (Å²) in [6.07, 6.45) is 0. The molecule has 0 fully saturated rings. The molecule has 2 aromatic carbocycles. The fourth-order valence-corrected chi connectivity index (χ4v) is 3.64. The summed E-state index contributed by atoms with van der Waals surface area (Å²) in [6, 6.07) is 15.5. The van der Waals surface area contributed by atoms with Gasteiger partial charge in [-0.3, -0.25) is 0 Å². The van der Waals surface area contributed by atoms with Gasteiger partial charge in [0.1, 0.15) is 0 Å². The number of nitrogens with one attached hydrogen (secondary N) is 1. The Morgan fingerprint density at radius 1 is 1.00 bits per heavy atom. The van der Waals surface area contributed by atoms with E-state index < -0.39 is 0 Å². The highest BCUT2D eigenvalue weighted by molar-refractivity contribution is 7.08. The Kier molecular flexibility index (Phi) is 3.86. The molecule has 0 bridgehead atoms. The number of rotatable bonds is 4. The van der Waals surface area contributed by atoms with Crippen molar-refractivity contribution in [3.8, 4) is 0 Å². The molecular weight excluding hydrogens is 262 g/mol. The third kappa shape index (κ3) is 2.37. The largest absolute Gasteiger partial charge is 0.306 e. The first kappa shape index (κ1) is 13.3. The molecule has 0 saturated heterocycles. The van der Waals surface area contributed by atoms with Crippen molar-refractivity contribution in [3.63, 3.8) is 0 Å². The highest BCUT2D eigenvalue weighted by Gasteiger charge is 2.17. The van der Waals surface area contributed by atoms with E-state index in [0.29, 0.717) is 0 Å². The van der Waals surface area contributed by atoms with Crippen molar-refractivity contribution in [2.24, 2.45) is 0 Å². The summed E-state index contributed by atoms with van der Waals surface area (Å²) in [7, 11) is 0. The summed E-state index contributed by atoms with van der Waals surface area (Å²) >= 11 is 1.78. The van der Waals surface area contributed by atoms with Gasteiger partial charge in [-0.15, -0.1) is 0 Å². The molecule has 1 unspecified atom stereocenters. The molecule has 0 aliphatic rings. The Balaban J connectivity index is 2.17. The minimum absolute atomic E-state index is 0.275. The number of thiophene rings is 1. The van der Waals surface area contributed by atoms with Gasteiger partial charge in [0.25, 0.3) is 0 Å². The predicted octanol–water partition coefficient (Wildman–Crippen LogP) is 4.91. The van der Waals surface area contributed by atoms with Crippen LogP contribution in [0, 0.1) is 6.92 Å². The second kappa shape index (κ2) is 5.78. The molecule has 1 atom stereocenters. The maximum atomic E-state index is 3.64. The lowest BCUT2D eigenvalue weighted by Gasteiger charge is -2.20. The lowest BCUT2D eigenvalue weighted by molar-refractivity contribution is 0.633. The molecule has 3 rings (SSSR count). The Morgan fingerprint density at radius 3 is 2.55 bits per heavy atom. The van der Waals surface area contributed by atoms with Crippen LogP contribution in [-0.2, 0) is 0 Å². The van der Waals surface area contributed by atoms with E-state index >= 15 is 0 Å². The van der Waals surface area contributed by atoms with Crippen molar-refractivity contribution in [2.45, 2.75) is 19.9 Å². The van der Waals surface area contributed by atoms with Crippen LogP contribution in [0.2, 0.25) is 0 Å². The molecule has 1 heterocycles. The molecule has 0 radical (unpaired) electrons. The first-order valence-electron chi connectivity index (χ1n) is 7.05. The Bertz CT molecular complexity index is 709. The smallest absolute Gasteiger partial charge is 0.0593 e. The van der Waals surface area contributed by atoms with Crippen LogP contribution < -0.4 is 5.32 Å². The average Bonchev–Trinajstić information content (AvgIpc) is 2.90. The topological polar surface area (TPSA) is 12.0 Å². The molecule has 0 spiro atoms. The molecule has 2 heteroatoms. The fourth-order valence-electron chi connectivity index (χ4n) is 2.76. The summed E-state index contributed by atoms with van der Waals surface area (Å²) in [5.74, 6) is 0. The summed E-state index contributed by atoms with van der Waals surface area (Å²) in [5, 5.41) is 10.8. The van der Waals surface area contributed by atoms with Crippen LogP contribution in [0.15, 0.2) is 53.2 Å². The molecule has 0 aliphatic carbocycles. The SMILES string of the molecule is CCNC(c1cscc1C)c1cccc2ccccc12. The molecule has 3 aromatic rings. The Labute approximate surface area is 124 Å². The molecule has 0 amide bonds. The molecule has 1 nitrogen and oxygen atoms in total. The van der Waals surface area contributed by atoms with E-state index in [-0.39, 0.29) is 6.04 Å². The highest BCUT2D eigenvalue weighted by atomic mass is 32.1. The average molecular weight is 281 g/mol. The summed E-state index contributed by atoms with van der Waals surface area (Å²) in [6.45, 7) is 5.32. The summed E-state index contributed by atoms with van der Waals surface area (Å²) in [4.78, 5) is 0. The van der Waals surface area contributed by atoms with Crippen molar-refractivity contribution in [3.05, 3.63) is 69.9 Å². The van der Waals surface area contributed by atoms with Crippen LogP contribution in [0.3, 0.4) is 0 Å². The Morgan fingerprint density at radius 2 is 1.80 bits per heavy atom. The monoisotopic (exact) mass is 281 g/mol. The van der Waals surface area contributed by atoms with Crippen LogP contribution >= 0.6 is 11.3 Å². The molecule has 20 heavy (non-hydrogen) atoms. The lowest BCUT2D eigenvalue weighted by atomic mass is 9.93. The zero-order valence-electron chi connectivity index (χ0n) is 11.9. The van der Waals surface area contributed by atoms with Gasteiger partial charge in [-0.2, -0.15) is 11.3 Å². The van der Waals surface area contributed by atoms with Crippen molar-refractivity contribution < 1.29 is 0 Å². The molecular formula is C18H19NS. The van der Waals surface area contributed by atoms with E-state index in [2.05, 4.69) is 72.4 Å². The molecule has 0 saturated carbocycles. The van der Waals surface area contributed by atoms with Gasteiger partial charge in [-0.05, 0) is 51.7 Å². The van der Waals surface area contributed by atoms with Gasteiger partial charge >= 0.3 is 0 Å². The van der Waals surface area contributed by atoms with Gasteiger partial charge in [0.2, 0.25) is 0 Å². The van der Waals surface area contributed by atoms with Crippen LogP contribution in [0.1, 0.15) is 29.7 Å². The maximum Gasteiger partial charge on any atom is 0.0593 e. The van der Waals surface area contributed by atoms with Gasteiger partial charge < -0.3 is 5.32 Å². The molecule has 102 valence electrons. The highest BCUT2D eigenvalue weighted by Crippen LogP contribution is 2.32. The minimum Gasteiger partial charge on any atom is -0.306 e. The first-order valence-corrected chi connectivity index (χ1v) is 7.99. The normalized spacial score (nSPS) is 12.7. The number of hydrogen-bond acceptors (Lipinski definition) is 2. The molecule has 1 N–H and O–H groups in total. The zero-order valence-corrected chi connectivity index (χ0v) is 12.7. The number of aryl methyl sites for hydroxylation is 1. The fraction of sp³-hybridized carbons (Fsp3) is 0.222. The van der Waals surface area contributed by atoms with Crippen LogP contribution in [0.5, 0.6) is 0 Å². The number of benzene rings is 2. The summed E-state index contributed by atoms with van der Waals surface area (Å²) in [5.41, 5.74) is 4.13. The van der Waals surface area contributed by atoms with Crippen molar-refractivity contribution >= 4 is 22.1 Å². The van der Waals surface area contributed by atoms with E-state index in [1.165, 1.54) is 27.5 Å². The van der Waals surface area contributed by atoms with E-state index in [4.69, 9.17) is 0 Å². The molecule has 1 aromatic heterocycles. The van der Waals surface area contributed by atoms with Gasteiger partial charge in [-0.1, -0.05) is 49.4 Å². The van der Waals surface area contributed by atoms with Crippen LogP contribution in [0.25, 0.3) is 10.8 Å². The van der Waals surface area contributed by atoms with Gasteiger partial charge in [0, 0.05) is 0 Å². The van der Waals surface area contributed by atoms with Crippen molar-refractivity contribution in [2.75, 3.05) is 6.54 Å². The van der Waals surface area contributed by atoms with Crippen LogP contribution in [0.4, 0.5) is 0 Å². The molecule has 0 aliphatic heterocycles. The standard InChI is InChI=1S/C18H19NS/c1-3-19-18(17-12-20-11-13(17)2)16-10-6-8-14-7-4-5-9-15(14)16/h4-12,18-19H,3H2,1-2H3. The number of fused-ring (bicyclic) bond motifs is 1. The third-order valence-electron chi connectivity index (χ3n) is 3.75. The van der Waals surface area contributed by atoms with Crippen molar-refractivity contribution in [1.29, 1.82) is 0 Å². The van der Waals surface area contributed by atoms with E-state index in [0.717, 1.165) is 6.54 Å². The second-order valence-corrected chi connectivity index (χ2v) is 5.81. The Hall–Kier alpha value is -1.64. The van der Waals surface area contributed by atoms with Crippen LogP contribution in [-0.4, -0.2) is 6.54 Å². The van der Waals surface area contributed by atoms with E-state index in [1.54, 1.807) is 11.3 Å². The van der Waals surface area contributed by atoms with Gasteiger partial charge in [-0.25, -0.2) is 0 Å².